The number of thioether (sulfide) groups is 1. The third kappa shape index (κ3) is 4.61. The lowest BCUT2D eigenvalue weighted by Gasteiger charge is -2.22. The number of carbonyl (C=O) groups is 2. The second kappa shape index (κ2) is 8.69. The highest BCUT2D eigenvalue weighted by molar-refractivity contribution is 8.00. The van der Waals surface area contributed by atoms with Crippen LogP contribution >= 0.6 is 11.8 Å². The average Bonchev–Trinajstić information content (AvgIpc) is 3.35. The van der Waals surface area contributed by atoms with Crippen LogP contribution in [0.15, 0.2) is 40.1 Å². The van der Waals surface area contributed by atoms with Crippen molar-refractivity contribution in [3.63, 3.8) is 0 Å². The monoisotopic (exact) mass is 413 g/mol. The Kier molecular flexibility index (Phi) is 5.84. The molecule has 2 aromatic heterocycles. The number of amides is 3. The fourth-order valence-electron chi connectivity index (χ4n) is 3.50. The van der Waals surface area contributed by atoms with Gasteiger partial charge in [0, 0.05) is 23.1 Å². The molecule has 1 fully saturated rings. The van der Waals surface area contributed by atoms with Gasteiger partial charge in [-0.1, -0.05) is 49.2 Å². The van der Waals surface area contributed by atoms with E-state index in [-0.39, 0.29) is 11.3 Å². The van der Waals surface area contributed by atoms with Gasteiger partial charge in [0.15, 0.2) is 0 Å². The average molecular weight is 414 g/mol. The van der Waals surface area contributed by atoms with Crippen molar-refractivity contribution >= 4 is 34.6 Å². The van der Waals surface area contributed by atoms with Crippen LogP contribution in [-0.2, 0) is 4.79 Å². The van der Waals surface area contributed by atoms with Crippen LogP contribution in [0.3, 0.4) is 0 Å². The highest BCUT2D eigenvalue weighted by Crippen LogP contribution is 2.30. The number of hydrogen-bond donors (Lipinski definition) is 3. The van der Waals surface area contributed by atoms with E-state index >= 15 is 0 Å². The molecule has 0 bridgehead atoms. The van der Waals surface area contributed by atoms with Crippen LogP contribution in [0, 0.1) is 0 Å². The molecule has 152 valence electrons. The number of para-hydroxylation sites is 1. The number of benzene rings is 1. The summed E-state index contributed by atoms with van der Waals surface area (Å²) in [5.74, 6) is -0.0113. The lowest BCUT2D eigenvalue weighted by molar-refractivity contribution is -0.119. The van der Waals surface area contributed by atoms with Crippen LogP contribution in [0.1, 0.15) is 39.0 Å². The van der Waals surface area contributed by atoms with Gasteiger partial charge in [-0.3, -0.25) is 10.1 Å². The minimum atomic E-state index is -0.552. The van der Waals surface area contributed by atoms with Crippen molar-refractivity contribution in [3.05, 3.63) is 30.5 Å². The Bertz CT molecular complexity index is 1010. The number of rotatable bonds is 5. The van der Waals surface area contributed by atoms with Gasteiger partial charge in [0.05, 0.1) is 10.8 Å². The van der Waals surface area contributed by atoms with Crippen LogP contribution < -0.4 is 10.6 Å². The molecule has 0 saturated heterocycles. The van der Waals surface area contributed by atoms with E-state index in [0.29, 0.717) is 5.89 Å². The fraction of sp³-hybridized carbons (Fsp3) is 0.400. The Hall–Kier alpha value is -2.81. The lowest BCUT2D eigenvalue weighted by Crippen LogP contribution is -2.47. The summed E-state index contributed by atoms with van der Waals surface area (Å²) in [6, 6.07) is 7.53. The molecule has 0 aliphatic heterocycles. The Morgan fingerprint density at radius 3 is 2.83 bits per heavy atom. The number of aromatic nitrogens is 3. The second-order valence-corrected chi connectivity index (χ2v) is 8.47. The van der Waals surface area contributed by atoms with Crippen LogP contribution in [0.25, 0.3) is 22.4 Å². The molecule has 1 saturated carbocycles. The van der Waals surface area contributed by atoms with Gasteiger partial charge in [-0.25, -0.2) is 4.79 Å². The predicted octanol–water partition coefficient (Wildman–Crippen LogP) is 3.86. The zero-order valence-corrected chi connectivity index (χ0v) is 16.9. The number of hydrogen-bond acceptors (Lipinski definition) is 6. The number of aromatic amines is 1. The van der Waals surface area contributed by atoms with Crippen LogP contribution in [0.5, 0.6) is 0 Å². The molecule has 3 aromatic rings. The summed E-state index contributed by atoms with van der Waals surface area (Å²) in [6.45, 7) is 1.70. The van der Waals surface area contributed by atoms with Gasteiger partial charge in [0.2, 0.25) is 5.91 Å². The summed E-state index contributed by atoms with van der Waals surface area (Å²) in [5.41, 5.74) is 1.79. The minimum Gasteiger partial charge on any atom is -0.411 e. The molecule has 0 spiro atoms. The van der Waals surface area contributed by atoms with Crippen molar-refractivity contribution in [2.24, 2.45) is 0 Å². The summed E-state index contributed by atoms with van der Waals surface area (Å²) in [5, 5.41) is 14.1. The van der Waals surface area contributed by atoms with Crippen molar-refractivity contribution in [3.8, 4) is 11.5 Å². The molecule has 3 amide bonds. The Balaban J connectivity index is 1.34. The SMILES string of the molecule is C[C@@H](Sc1nnc(-c2c[nH]c3ccccc23)o1)C(=O)NC(=O)NC1CCCCC1. The van der Waals surface area contributed by atoms with E-state index < -0.39 is 17.2 Å². The maximum atomic E-state index is 12.3. The van der Waals surface area contributed by atoms with E-state index in [1.54, 1.807) is 6.92 Å². The minimum absolute atomic E-state index is 0.147. The van der Waals surface area contributed by atoms with Crippen molar-refractivity contribution in [2.45, 2.75) is 55.5 Å². The van der Waals surface area contributed by atoms with Gasteiger partial charge in [0.25, 0.3) is 11.1 Å². The van der Waals surface area contributed by atoms with Crippen LogP contribution in [0.2, 0.25) is 0 Å². The van der Waals surface area contributed by atoms with E-state index in [9.17, 15) is 9.59 Å². The molecular weight excluding hydrogens is 390 g/mol. The van der Waals surface area contributed by atoms with Gasteiger partial charge >= 0.3 is 6.03 Å². The largest absolute Gasteiger partial charge is 0.411 e. The molecule has 4 rings (SSSR count). The molecule has 0 radical (unpaired) electrons. The number of imide groups is 1. The molecule has 3 N–H and O–H groups in total. The summed E-state index contributed by atoms with van der Waals surface area (Å²) in [6.07, 6.45) is 7.17. The number of nitrogens with zero attached hydrogens (tertiary/aromatic N) is 2. The lowest BCUT2D eigenvalue weighted by atomic mass is 9.96. The van der Waals surface area contributed by atoms with Crippen LogP contribution in [0.4, 0.5) is 4.79 Å². The molecule has 1 aliphatic rings. The van der Waals surface area contributed by atoms with Crippen molar-refractivity contribution in [1.82, 2.24) is 25.8 Å². The van der Waals surface area contributed by atoms with Gasteiger partial charge in [0.1, 0.15) is 0 Å². The molecule has 29 heavy (non-hydrogen) atoms. The molecule has 2 heterocycles. The number of H-pyrrole nitrogens is 1. The predicted molar refractivity (Wildman–Crippen MR) is 110 cm³/mol. The third-order valence-corrected chi connectivity index (χ3v) is 5.98. The van der Waals surface area contributed by atoms with Crippen LogP contribution in [-0.4, -0.2) is 38.4 Å². The smallest absolute Gasteiger partial charge is 0.321 e. The topological polar surface area (TPSA) is 113 Å². The van der Waals surface area contributed by atoms with Gasteiger partial charge in [-0.05, 0) is 25.8 Å². The van der Waals surface area contributed by atoms with E-state index in [4.69, 9.17) is 4.42 Å². The molecule has 0 unspecified atom stereocenters. The Morgan fingerprint density at radius 1 is 1.21 bits per heavy atom. The van der Waals surface area contributed by atoms with E-state index in [2.05, 4.69) is 25.8 Å². The maximum Gasteiger partial charge on any atom is 0.321 e. The number of fused-ring (bicyclic) bond motifs is 1. The molecular formula is C20H23N5O3S. The van der Waals surface area contributed by atoms with Gasteiger partial charge in [-0.15, -0.1) is 10.2 Å². The van der Waals surface area contributed by atoms with E-state index in [0.717, 1.165) is 53.9 Å². The summed E-state index contributed by atoms with van der Waals surface area (Å²) < 4.78 is 5.72. The first kappa shape index (κ1) is 19.5. The molecule has 8 nitrogen and oxygen atoms in total. The van der Waals surface area contributed by atoms with E-state index in [1.807, 2.05) is 30.5 Å². The third-order valence-electron chi connectivity index (χ3n) is 5.05. The van der Waals surface area contributed by atoms with E-state index in [1.165, 1.54) is 6.42 Å². The molecule has 1 aliphatic carbocycles. The highest BCUT2D eigenvalue weighted by atomic mass is 32.2. The number of nitrogens with one attached hydrogen (secondary N) is 3. The normalized spacial score (nSPS) is 15.9. The molecule has 1 aromatic carbocycles. The summed E-state index contributed by atoms with van der Waals surface area (Å²) >= 11 is 1.12. The fourth-order valence-corrected chi connectivity index (χ4v) is 4.18. The second-order valence-electron chi connectivity index (χ2n) is 7.18. The Morgan fingerprint density at radius 2 is 2.00 bits per heavy atom. The first-order chi connectivity index (χ1) is 14.1. The summed E-state index contributed by atoms with van der Waals surface area (Å²) in [7, 11) is 0. The highest BCUT2D eigenvalue weighted by Gasteiger charge is 2.23. The quantitative estimate of drug-likeness (QED) is 0.548. The maximum absolute atomic E-state index is 12.3. The zero-order valence-electron chi connectivity index (χ0n) is 16.1. The number of carbonyl (C=O) groups excluding carboxylic acids is 2. The Labute approximate surface area is 172 Å². The molecule has 9 heteroatoms. The van der Waals surface area contributed by atoms with Crippen molar-refractivity contribution < 1.29 is 14.0 Å². The summed E-state index contributed by atoms with van der Waals surface area (Å²) in [4.78, 5) is 27.5. The first-order valence-electron chi connectivity index (χ1n) is 9.78. The zero-order chi connectivity index (χ0) is 20.2. The van der Waals surface area contributed by atoms with Gasteiger partial charge < -0.3 is 14.7 Å². The standard InChI is InChI=1S/C20H23N5O3S/c1-12(17(26)23-19(27)22-13-7-3-2-4-8-13)29-20-25-24-18(28-20)15-11-21-16-10-6-5-9-14(15)16/h5-6,9-13,21H,2-4,7-8H2,1H3,(H2,22,23,26,27)/t12-/m1/s1. The van der Waals surface area contributed by atoms with Gasteiger partial charge in [-0.2, -0.15) is 0 Å². The first-order valence-corrected chi connectivity index (χ1v) is 10.7. The molecule has 1 atom stereocenters. The number of urea groups is 1. The van der Waals surface area contributed by atoms with Crippen molar-refractivity contribution in [2.75, 3.05) is 0 Å². The van der Waals surface area contributed by atoms with Crippen molar-refractivity contribution in [1.29, 1.82) is 0 Å².